The minimum atomic E-state index is -4.45. The highest BCUT2D eigenvalue weighted by Gasteiger charge is 2.47. The number of rotatable bonds is 2. The second kappa shape index (κ2) is 3.78. The maximum absolute atomic E-state index is 12.3. The number of hydrogen-bond acceptors (Lipinski definition) is 3. The standard InChI is InChI=1S/C7H8ClF3N2O/c1-4-5(8)6(7(9,10)11)12-13(4)2-3-14/h3,6,12H,2H2,1H3. The third-order valence-electron chi connectivity index (χ3n) is 1.87. The summed E-state index contributed by atoms with van der Waals surface area (Å²) >= 11 is 5.48. The van der Waals surface area contributed by atoms with Crippen LogP contribution in [0.2, 0.25) is 0 Å². The summed E-state index contributed by atoms with van der Waals surface area (Å²) in [7, 11) is 0. The van der Waals surface area contributed by atoms with Crippen LogP contribution in [0.5, 0.6) is 0 Å². The van der Waals surface area contributed by atoms with Crippen molar-refractivity contribution in [1.29, 1.82) is 0 Å². The molecule has 7 heteroatoms. The maximum Gasteiger partial charge on any atom is 0.410 e. The number of carbonyl (C=O) groups excluding carboxylic acids is 1. The topological polar surface area (TPSA) is 32.3 Å². The highest BCUT2D eigenvalue weighted by molar-refractivity contribution is 6.30. The van der Waals surface area contributed by atoms with Crippen molar-refractivity contribution in [3.05, 3.63) is 10.7 Å². The number of nitrogens with one attached hydrogen (secondary N) is 1. The molecule has 1 heterocycles. The minimum absolute atomic E-state index is 0.158. The van der Waals surface area contributed by atoms with Crippen molar-refractivity contribution in [2.75, 3.05) is 6.54 Å². The Hall–Kier alpha value is -0.750. The number of hydrogen-bond donors (Lipinski definition) is 1. The molecule has 0 spiro atoms. The number of nitrogens with zero attached hydrogens (tertiary/aromatic N) is 1. The van der Waals surface area contributed by atoms with E-state index in [1.165, 1.54) is 6.92 Å². The van der Waals surface area contributed by atoms with Crippen LogP contribution in [0.25, 0.3) is 0 Å². The van der Waals surface area contributed by atoms with Crippen molar-refractivity contribution in [2.45, 2.75) is 19.1 Å². The predicted molar refractivity (Wildman–Crippen MR) is 44.3 cm³/mol. The van der Waals surface area contributed by atoms with Crippen LogP contribution in [0.15, 0.2) is 10.7 Å². The lowest BCUT2D eigenvalue weighted by Crippen LogP contribution is -2.45. The first-order chi connectivity index (χ1) is 6.38. The maximum atomic E-state index is 12.3. The van der Waals surface area contributed by atoms with Gasteiger partial charge < -0.3 is 9.80 Å². The highest BCUT2D eigenvalue weighted by atomic mass is 35.5. The molecule has 0 fully saturated rings. The van der Waals surface area contributed by atoms with Gasteiger partial charge in [0.1, 0.15) is 6.29 Å². The van der Waals surface area contributed by atoms with Crippen LogP contribution in [0.4, 0.5) is 13.2 Å². The lowest BCUT2D eigenvalue weighted by atomic mass is 10.3. The van der Waals surface area contributed by atoms with Gasteiger partial charge in [-0.15, -0.1) is 0 Å². The van der Waals surface area contributed by atoms with Gasteiger partial charge in [0.2, 0.25) is 0 Å². The zero-order valence-electron chi connectivity index (χ0n) is 7.23. The summed E-state index contributed by atoms with van der Waals surface area (Å²) in [4.78, 5) is 10.1. The summed E-state index contributed by atoms with van der Waals surface area (Å²) < 4.78 is 36.9. The Morgan fingerprint density at radius 1 is 1.64 bits per heavy atom. The Balaban J connectivity index is 2.84. The van der Waals surface area contributed by atoms with E-state index in [-0.39, 0.29) is 17.3 Å². The molecule has 1 N–H and O–H groups in total. The zero-order valence-corrected chi connectivity index (χ0v) is 7.99. The third-order valence-corrected chi connectivity index (χ3v) is 2.37. The molecular weight excluding hydrogens is 221 g/mol. The molecule has 0 aliphatic carbocycles. The van der Waals surface area contributed by atoms with Crippen LogP contribution in [-0.2, 0) is 4.79 Å². The molecule has 0 saturated carbocycles. The van der Waals surface area contributed by atoms with Crippen LogP contribution >= 0.6 is 11.6 Å². The first kappa shape index (κ1) is 11.3. The first-order valence-electron chi connectivity index (χ1n) is 3.78. The lowest BCUT2D eigenvalue weighted by molar-refractivity contribution is -0.151. The van der Waals surface area contributed by atoms with Crippen molar-refractivity contribution in [3.8, 4) is 0 Å². The fourth-order valence-corrected chi connectivity index (χ4v) is 1.40. The second-order valence-electron chi connectivity index (χ2n) is 2.81. The summed E-state index contributed by atoms with van der Waals surface area (Å²) in [6.45, 7) is 1.26. The molecule has 1 aliphatic rings. The van der Waals surface area contributed by atoms with E-state index in [0.29, 0.717) is 6.29 Å². The largest absolute Gasteiger partial charge is 0.410 e. The molecule has 0 aromatic carbocycles. The van der Waals surface area contributed by atoms with E-state index in [1.807, 2.05) is 0 Å². The van der Waals surface area contributed by atoms with Crippen molar-refractivity contribution in [1.82, 2.24) is 10.4 Å². The number of alkyl halides is 3. The Labute approximate surface area is 83.5 Å². The monoisotopic (exact) mass is 228 g/mol. The number of hydrazine groups is 1. The molecule has 3 nitrogen and oxygen atoms in total. The van der Waals surface area contributed by atoms with Crippen molar-refractivity contribution in [3.63, 3.8) is 0 Å². The predicted octanol–water partition coefficient (Wildman–Crippen LogP) is 1.41. The molecule has 80 valence electrons. The van der Waals surface area contributed by atoms with Crippen molar-refractivity contribution >= 4 is 17.9 Å². The summed E-state index contributed by atoms with van der Waals surface area (Å²) in [5.41, 5.74) is 2.33. The minimum Gasteiger partial charge on any atom is -0.304 e. The van der Waals surface area contributed by atoms with Crippen molar-refractivity contribution < 1.29 is 18.0 Å². The van der Waals surface area contributed by atoms with Gasteiger partial charge in [0, 0.05) is 5.70 Å². The normalized spacial score (nSPS) is 23.2. The average molecular weight is 229 g/mol. The molecule has 1 unspecified atom stereocenters. The van der Waals surface area contributed by atoms with E-state index < -0.39 is 12.2 Å². The first-order valence-corrected chi connectivity index (χ1v) is 4.16. The van der Waals surface area contributed by atoms with E-state index in [1.54, 1.807) is 0 Å². The molecule has 14 heavy (non-hydrogen) atoms. The molecule has 0 aromatic rings. The van der Waals surface area contributed by atoms with Gasteiger partial charge in [0.05, 0.1) is 11.6 Å². The molecule has 0 aromatic heterocycles. The lowest BCUT2D eigenvalue weighted by Gasteiger charge is -2.20. The van der Waals surface area contributed by atoms with Gasteiger partial charge in [-0.25, -0.2) is 5.43 Å². The summed E-state index contributed by atoms with van der Waals surface area (Å²) in [5.74, 6) is 0. The number of allylic oxidation sites excluding steroid dienone is 1. The van der Waals surface area contributed by atoms with E-state index in [9.17, 15) is 18.0 Å². The Kier molecular flexibility index (Phi) is 3.06. The van der Waals surface area contributed by atoms with Crippen LogP contribution in [-0.4, -0.2) is 30.1 Å². The highest BCUT2D eigenvalue weighted by Crippen LogP contribution is 2.34. The van der Waals surface area contributed by atoms with Gasteiger partial charge in [0.15, 0.2) is 6.04 Å². The van der Waals surface area contributed by atoms with Crippen LogP contribution in [0.1, 0.15) is 6.92 Å². The molecule has 1 rings (SSSR count). The molecule has 0 bridgehead atoms. The quantitative estimate of drug-likeness (QED) is 0.726. The van der Waals surface area contributed by atoms with E-state index in [2.05, 4.69) is 5.43 Å². The van der Waals surface area contributed by atoms with Crippen LogP contribution in [0, 0.1) is 0 Å². The van der Waals surface area contributed by atoms with Gasteiger partial charge in [-0.3, -0.25) is 0 Å². The second-order valence-corrected chi connectivity index (χ2v) is 3.22. The smallest absolute Gasteiger partial charge is 0.304 e. The van der Waals surface area contributed by atoms with Gasteiger partial charge in [-0.05, 0) is 6.92 Å². The van der Waals surface area contributed by atoms with Gasteiger partial charge >= 0.3 is 6.18 Å². The molecule has 1 atom stereocenters. The Morgan fingerprint density at radius 3 is 2.57 bits per heavy atom. The van der Waals surface area contributed by atoms with Gasteiger partial charge in [0.25, 0.3) is 0 Å². The average Bonchev–Trinajstić information content (AvgIpc) is 2.32. The van der Waals surface area contributed by atoms with Crippen LogP contribution < -0.4 is 5.43 Å². The number of aldehydes is 1. The van der Waals surface area contributed by atoms with Crippen LogP contribution in [0.3, 0.4) is 0 Å². The van der Waals surface area contributed by atoms with E-state index in [4.69, 9.17) is 11.6 Å². The molecular formula is C7H8ClF3N2O. The SMILES string of the molecule is CC1=C(Cl)C(C(F)(F)F)NN1CC=O. The molecule has 1 aliphatic heterocycles. The van der Waals surface area contributed by atoms with Crippen molar-refractivity contribution in [2.24, 2.45) is 0 Å². The van der Waals surface area contributed by atoms with Gasteiger partial charge in [-0.1, -0.05) is 11.6 Å². The van der Waals surface area contributed by atoms with E-state index in [0.717, 1.165) is 5.01 Å². The Morgan fingerprint density at radius 2 is 2.21 bits per heavy atom. The summed E-state index contributed by atoms with van der Waals surface area (Å²) in [6, 6.07) is -1.90. The molecule has 0 radical (unpaired) electrons. The molecule has 0 saturated heterocycles. The molecule has 0 amide bonds. The van der Waals surface area contributed by atoms with Gasteiger partial charge in [-0.2, -0.15) is 13.2 Å². The summed E-state index contributed by atoms with van der Waals surface area (Å²) in [6.07, 6.45) is -3.95. The Bertz CT molecular complexity index is 277. The number of carbonyl (C=O) groups is 1. The number of halogens is 4. The zero-order chi connectivity index (χ0) is 10.9. The van der Waals surface area contributed by atoms with E-state index >= 15 is 0 Å². The third kappa shape index (κ3) is 2.01. The fraction of sp³-hybridized carbons (Fsp3) is 0.571. The summed E-state index contributed by atoms with van der Waals surface area (Å²) in [5, 5.41) is 0.757. The fourth-order valence-electron chi connectivity index (χ4n) is 1.13.